The molecule has 0 bridgehead atoms. The topological polar surface area (TPSA) is 305 Å². The minimum Gasteiger partial charge on any atom is -0.497 e. The first-order chi connectivity index (χ1) is 43.1. The summed E-state index contributed by atoms with van der Waals surface area (Å²) in [7, 11) is 3.20. The number of hydrogen-bond acceptors (Lipinski definition) is 22. The van der Waals surface area contributed by atoms with Crippen LogP contribution < -0.4 is 20.1 Å². The molecule has 0 aliphatic carbocycles. The van der Waals surface area contributed by atoms with Gasteiger partial charge in [-0.25, -0.2) is 19.6 Å². The number of fused-ring (bicyclic) bond motifs is 1. The number of aliphatic hydroxyl groups excluding tert-OH is 1. The van der Waals surface area contributed by atoms with Crippen LogP contribution in [0, 0.1) is 5.92 Å². The van der Waals surface area contributed by atoms with Crippen LogP contribution in [0.25, 0.3) is 11.2 Å². The highest BCUT2D eigenvalue weighted by molar-refractivity contribution is 6.06. The van der Waals surface area contributed by atoms with E-state index >= 15 is 0 Å². The molecule has 26 heteroatoms. The molecule has 7 aromatic rings. The molecule has 9 atom stereocenters. The van der Waals surface area contributed by atoms with Crippen LogP contribution >= 0.6 is 0 Å². The zero-order valence-corrected chi connectivity index (χ0v) is 50.2. The van der Waals surface area contributed by atoms with Gasteiger partial charge in [0.05, 0.1) is 59.7 Å². The molecule has 2 fully saturated rings. The van der Waals surface area contributed by atoms with Gasteiger partial charge in [-0.2, -0.15) is 0 Å². The number of esters is 3. The fourth-order valence-corrected chi connectivity index (χ4v) is 10.6. The van der Waals surface area contributed by atoms with Crippen molar-refractivity contribution in [2.24, 2.45) is 5.92 Å². The maximum absolute atomic E-state index is 13.3. The summed E-state index contributed by atoms with van der Waals surface area (Å²) in [6, 6.07) is 33.6. The molecule has 2 saturated heterocycles. The van der Waals surface area contributed by atoms with Gasteiger partial charge >= 0.3 is 17.9 Å². The molecule has 4 aromatic carbocycles. The van der Waals surface area contributed by atoms with Crippen LogP contribution in [-0.4, -0.2) is 166 Å². The third-order valence-electron chi connectivity index (χ3n) is 15.0. The van der Waals surface area contributed by atoms with Crippen molar-refractivity contribution in [3.05, 3.63) is 156 Å². The van der Waals surface area contributed by atoms with E-state index in [9.17, 15) is 29.1 Å². The third kappa shape index (κ3) is 16.3. The normalized spacial score (nSPS) is 20.8. The minimum atomic E-state index is -1.30. The summed E-state index contributed by atoms with van der Waals surface area (Å²) < 4.78 is 68.8. The summed E-state index contributed by atoms with van der Waals surface area (Å²) in [5.41, 5.74) is 2.54. The Morgan fingerprint density at radius 1 is 0.697 bits per heavy atom. The van der Waals surface area contributed by atoms with Crippen molar-refractivity contribution in [3.8, 4) is 11.5 Å². The predicted molar refractivity (Wildman–Crippen MR) is 316 cm³/mol. The van der Waals surface area contributed by atoms with Crippen LogP contribution in [0.3, 0.4) is 0 Å². The second-order valence-electron chi connectivity index (χ2n) is 21.1. The highest BCUT2D eigenvalue weighted by Crippen LogP contribution is 2.44. The fourth-order valence-electron chi connectivity index (χ4n) is 10.6. The number of nitrogens with one attached hydrogen (secondary N) is 2. The number of imidazole rings is 1. The number of amides is 2. The van der Waals surface area contributed by atoms with E-state index in [1.807, 2.05) is 84.9 Å². The lowest BCUT2D eigenvalue weighted by molar-refractivity contribution is -0.288. The number of carbonyl (C=O) groups is 5. The average Bonchev–Trinajstić information content (AvgIpc) is 1.80. The Bertz CT molecular complexity index is 3400. The van der Waals surface area contributed by atoms with Crippen LogP contribution in [0.15, 0.2) is 128 Å². The summed E-state index contributed by atoms with van der Waals surface area (Å²) in [4.78, 5) is 75.1. The smallest absolute Gasteiger partial charge is 0.303 e. The Balaban J connectivity index is 0.809. The molecule has 89 heavy (non-hydrogen) atoms. The van der Waals surface area contributed by atoms with E-state index in [1.54, 1.807) is 60.9 Å². The summed E-state index contributed by atoms with van der Waals surface area (Å²) in [5, 5.41) is 26.7. The number of methoxy groups -OCH3 is 2. The molecule has 2 aliphatic rings. The van der Waals surface area contributed by atoms with Crippen molar-refractivity contribution in [1.82, 2.24) is 39.8 Å². The summed E-state index contributed by atoms with van der Waals surface area (Å²) in [6.45, 7) is 6.19. The van der Waals surface area contributed by atoms with E-state index in [0.717, 1.165) is 16.7 Å². The number of rotatable bonds is 30. The number of aromatic nitrogens is 7. The van der Waals surface area contributed by atoms with Crippen molar-refractivity contribution in [3.63, 3.8) is 0 Å². The molecular formula is C63H73N9O17. The van der Waals surface area contributed by atoms with Gasteiger partial charge in [-0.3, -0.25) is 28.5 Å². The Morgan fingerprint density at radius 3 is 2.02 bits per heavy atom. The first kappa shape index (κ1) is 64.7. The number of ether oxygens (including phenoxy) is 11. The van der Waals surface area contributed by atoms with Crippen molar-refractivity contribution in [2.45, 2.75) is 115 Å². The monoisotopic (exact) mass is 1230 g/mol. The number of nitrogens with zero attached hydrogens (tertiary/aromatic N) is 7. The standard InChI is InChI=1S/C63H73N9O17/c1-39-55(86-41(3)74)56(87-42(4)75)51(35-83-40(2)73)89-62(39)82-30-14-13-19-52(76)64-28-31-81-32-29-71-33-47(69-70-71)34-84-57-54(77)50(88-61(57)72-38-67-53-58(65-37-66-59(53)72)68-60(78)43-15-9-7-10-16-43)36-85-63(44-17-11-8-12-18-44,45-20-24-48(79-5)25-21-45)46-22-26-49(80-6)27-23-46/h7-12,15-18,20-27,33,37-39,50-51,54-57,61-62,77H,13-14,19,28-32,34-36H2,1-6H3,(H,64,76)(H,65,66,68,78)/t39?,50?,51?,54-,55?,56?,57-,61-,62?/m1/s1. The second kappa shape index (κ2) is 30.9. The van der Waals surface area contributed by atoms with Crippen LogP contribution in [0.4, 0.5) is 5.82 Å². The van der Waals surface area contributed by atoms with Gasteiger partial charge < -0.3 is 67.8 Å². The summed E-state index contributed by atoms with van der Waals surface area (Å²) in [6.07, 6.45) is -2.50. The van der Waals surface area contributed by atoms with Gasteiger partial charge in [-0.1, -0.05) is 84.9 Å². The van der Waals surface area contributed by atoms with Crippen LogP contribution in [0.2, 0.25) is 0 Å². The summed E-state index contributed by atoms with van der Waals surface area (Å²) >= 11 is 0. The molecule has 6 unspecified atom stereocenters. The van der Waals surface area contributed by atoms with Crippen LogP contribution in [0.1, 0.15) is 85.9 Å². The molecule has 472 valence electrons. The SMILES string of the molecule is COc1ccc(C(OCC2O[C@@H](n3cnc4c(NC(=O)c5ccccc5)ncnc43)[C@H](OCc3cn(CCOCCNC(=O)CCCCOC4OC(COC(C)=O)C(OC(C)=O)C(OC(C)=O)C4C)nn3)[C@@H]2O)(c2ccccc2)c2ccc(OC)cc2)cc1. The molecule has 0 radical (unpaired) electrons. The number of anilines is 1. The van der Waals surface area contributed by atoms with Crippen molar-refractivity contribution >= 4 is 46.7 Å². The van der Waals surface area contributed by atoms with Crippen molar-refractivity contribution in [1.29, 1.82) is 0 Å². The maximum atomic E-state index is 13.3. The molecule has 26 nitrogen and oxygen atoms in total. The average molecular weight is 1230 g/mol. The van der Waals surface area contributed by atoms with E-state index in [4.69, 9.17) is 52.1 Å². The Hall–Kier alpha value is -8.76. The summed E-state index contributed by atoms with van der Waals surface area (Å²) in [5.74, 6) is -1.43. The van der Waals surface area contributed by atoms with Crippen LogP contribution in [0.5, 0.6) is 11.5 Å². The van der Waals surface area contributed by atoms with Gasteiger partial charge in [0.2, 0.25) is 5.91 Å². The van der Waals surface area contributed by atoms with E-state index in [-0.39, 0.29) is 69.8 Å². The number of unbranched alkanes of at least 4 members (excludes halogenated alkanes) is 1. The molecule has 3 aromatic heterocycles. The van der Waals surface area contributed by atoms with Crippen LogP contribution in [-0.2, 0) is 80.6 Å². The molecule has 2 aliphatic heterocycles. The first-order valence-corrected chi connectivity index (χ1v) is 29.1. The van der Waals surface area contributed by atoms with E-state index in [1.165, 1.54) is 33.4 Å². The van der Waals surface area contributed by atoms with Gasteiger partial charge in [0, 0.05) is 51.8 Å². The molecule has 2 amide bonds. The largest absolute Gasteiger partial charge is 0.497 e. The Morgan fingerprint density at radius 2 is 1.36 bits per heavy atom. The highest BCUT2D eigenvalue weighted by atomic mass is 16.7. The molecule has 9 rings (SSSR count). The zero-order chi connectivity index (χ0) is 62.9. The van der Waals surface area contributed by atoms with Crippen molar-refractivity contribution < 1.29 is 81.2 Å². The Labute approximate surface area is 513 Å². The van der Waals surface area contributed by atoms with E-state index in [2.05, 4.69) is 35.9 Å². The van der Waals surface area contributed by atoms with E-state index < -0.39 is 84.5 Å². The first-order valence-electron chi connectivity index (χ1n) is 29.1. The zero-order valence-electron chi connectivity index (χ0n) is 50.2. The molecule has 0 spiro atoms. The quantitative estimate of drug-likeness (QED) is 0.0212. The second-order valence-corrected chi connectivity index (χ2v) is 21.1. The lowest BCUT2D eigenvalue weighted by Gasteiger charge is -2.43. The van der Waals surface area contributed by atoms with Gasteiger partial charge in [-0.15, -0.1) is 5.10 Å². The van der Waals surface area contributed by atoms with Gasteiger partial charge in [0.25, 0.3) is 5.91 Å². The predicted octanol–water partition coefficient (Wildman–Crippen LogP) is 5.65. The minimum absolute atomic E-state index is 0.0972. The lowest BCUT2D eigenvalue weighted by atomic mass is 9.80. The number of carbonyl (C=O) groups excluding carboxylic acids is 5. The van der Waals surface area contributed by atoms with Gasteiger partial charge in [0.15, 0.2) is 35.6 Å². The fraction of sp³-hybridized carbons (Fsp3) is 0.429. The molecule has 0 saturated carbocycles. The number of benzene rings is 4. The number of aliphatic hydroxyl groups is 1. The van der Waals surface area contributed by atoms with Gasteiger partial charge in [-0.05, 0) is 65.9 Å². The van der Waals surface area contributed by atoms with Crippen molar-refractivity contribution in [2.75, 3.05) is 59.1 Å². The number of hydrogen-bond donors (Lipinski definition) is 3. The molecular weight excluding hydrogens is 1150 g/mol. The van der Waals surface area contributed by atoms with Gasteiger partial charge in [0.1, 0.15) is 66.2 Å². The lowest BCUT2D eigenvalue weighted by Crippen LogP contribution is -2.58. The maximum Gasteiger partial charge on any atom is 0.303 e. The molecule has 5 heterocycles. The third-order valence-corrected chi connectivity index (χ3v) is 15.0. The highest BCUT2D eigenvalue weighted by Gasteiger charge is 2.50. The Kier molecular flexibility index (Phi) is 22.5. The molecule has 3 N–H and O–H groups in total. The van der Waals surface area contributed by atoms with E-state index in [0.29, 0.717) is 47.8 Å².